The molecule has 0 bridgehead atoms. The van der Waals surface area contributed by atoms with Crippen LogP contribution < -0.4 is 4.74 Å². The lowest BCUT2D eigenvalue weighted by Crippen LogP contribution is -2.49. The second-order valence-corrected chi connectivity index (χ2v) is 7.96. The fourth-order valence-corrected chi connectivity index (χ4v) is 3.96. The standard InChI is InChI=1S/C24H18O8/c1-11(2)31-23(30)24(12(3)25)21(28)16-7-5-14(9-18(16)22(24)29)32-13-4-6-15-17(8-13)20(27)10-19(15)26/h4-9,11H,10H2,1-3H3. The molecule has 0 saturated heterocycles. The van der Waals surface area contributed by atoms with E-state index in [2.05, 4.69) is 0 Å². The Bertz CT molecular complexity index is 1250. The number of ketones is 5. The zero-order chi connectivity index (χ0) is 23.4. The molecule has 1 atom stereocenters. The van der Waals surface area contributed by atoms with Gasteiger partial charge >= 0.3 is 5.97 Å². The molecule has 0 amide bonds. The second-order valence-electron chi connectivity index (χ2n) is 7.96. The van der Waals surface area contributed by atoms with Gasteiger partial charge in [0.15, 0.2) is 28.9 Å². The molecule has 8 heteroatoms. The lowest BCUT2D eigenvalue weighted by Gasteiger charge is -2.22. The van der Waals surface area contributed by atoms with Gasteiger partial charge in [-0.05, 0) is 57.2 Å². The van der Waals surface area contributed by atoms with Crippen LogP contribution in [0.25, 0.3) is 0 Å². The van der Waals surface area contributed by atoms with Crippen molar-refractivity contribution in [2.24, 2.45) is 5.41 Å². The molecule has 0 spiro atoms. The molecule has 0 aliphatic heterocycles. The van der Waals surface area contributed by atoms with Crippen molar-refractivity contribution in [3.8, 4) is 11.5 Å². The normalized spacial score (nSPS) is 19.2. The van der Waals surface area contributed by atoms with E-state index < -0.39 is 34.8 Å². The number of fused-ring (bicyclic) bond motifs is 2. The molecule has 32 heavy (non-hydrogen) atoms. The van der Waals surface area contributed by atoms with Crippen molar-refractivity contribution in [1.29, 1.82) is 0 Å². The fourth-order valence-electron chi connectivity index (χ4n) is 3.96. The molecule has 0 saturated carbocycles. The first-order valence-electron chi connectivity index (χ1n) is 9.91. The van der Waals surface area contributed by atoms with Gasteiger partial charge in [-0.3, -0.25) is 24.0 Å². The molecular formula is C24H18O8. The highest BCUT2D eigenvalue weighted by molar-refractivity contribution is 6.48. The lowest BCUT2D eigenvalue weighted by atomic mass is 9.79. The highest BCUT2D eigenvalue weighted by Crippen LogP contribution is 2.41. The van der Waals surface area contributed by atoms with Crippen LogP contribution >= 0.6 is 0 Å². The first-order chi connectivity index (χ1) is 15.1. The van der Waals surface area contributed by atoms with Crippen LogP contribution in [0.15, 0.2) is 36.4 Å². The van der Waals surface area contributed by atoms with Crippen molar-refractivity contribution >= 4 is 34.9 Å². The van der Waals surface area contributed by atoms with E-state index in [0.717, 1.165) is 6.92 Å². The van der Waals surface area contributed by atoms with Gasteiger partial charge in [0, 0.05) is 22.3 Å². The summed E-state index contributed by atoms with van der Waals surface area (Å²) < 4.78 is 10.8. The lowest BCUT2D eigenvalue weighted by molar-refractivity contribution is -0.156. The number of esters is 1. The van der Waals surface area contributed by atoms with Crippen LogP contribution in [-0.4, -0.2) is 41.0 Å². The first kappa shape index (κ1) is 21.3. The quantitative estimate of drug-likeness (QED) is 0.520. The van der Waals surface area contributed by atoms with E-state index in [-0.39, 0.29) is 46.2 Å². The molecule has 2 aromatic carbocycles. The van der Waals surface area contributed by atoms with Gasteiger partial charge in [-0.2, -0.15) is 0 Å². The van der Waals surface area contributed by atoms with E-state index in [4.69, 9.17) is 9.47 Å². The summed E-state index contributed by atoms with van der Waals surface area (Å²) in [5.41, 5.74) is -2.19. The highest BCUT2D eigenvalue weighted by atomic mass is 16.5. The summed E-state index contributed by atoms with van der Waals surface area (Å²) in [5, 5.41) is 0. The molecular weight excluding hydrogens is 416 g/mol. The minimum atomic E-state index is -2.56. The van der Waals surface area contributed by atoms with Crippen molar-refractivity contribution in [3.05, 3.63) is 58.7 Å². The van der Waals surface area contributed by atoms with Crippen molar-refractivity contribution in [1.82, 2.24) is 0 Å². The molecule has 0 N–H and O–H groups in total. The Morgan fingerprint density at radius 3 is 1.94 bits per heavy atom. The maximum Gasteiger partial charge on any atom is 0.336 e. The van der Waals surface area contributed by atoms with Crippen molar-refractivity contribution < 1.29 is 38.2 Å². The van der Waals surface area contributed by atoms with Crippen LogP contribution in [0.2, 0.25) is 0 Å². The van der Waals surface area contributed by atoms with Gasteiger partial charge in [0.1, 0.15) is 11.5 Å². The summed E-state index contributed by atoms with van der Waals surface area (Å²) >= 11 is 0. The Kier molecular flexibility index (Phi) is 4.88. The summed E-state index contributed by atoms with van der Waals surface area (Å²) in [4.78, 5) is 75.0. The molecule has 0 heterocycles. The zero-order valence-corrected chi connectivity index (χ0v) is 17.5. The van der Waals surface area contributed by atoms with Gasteiger partial charge in [-0.15, -0.1) is 0 Å². The van der Waals surface area contributed by atoms with Gasteiger partial charge in [-0.25, -0.2) is 4.79 Å². The van der Waals surface area contributed by atoms with Crippen molar-refractivity contribution in [2.45, 2.75) is 33.3 Å². The van der Waals surface area contributed by atoms with Crippen LogP contribution in [0.3, 0.4) is 0 Å². The van der Waals surface area contributed by atoms with Gasteiger partial charge in [-0.1, -0.05) is 0 Å². The monoisotopic (exact) mass is 434 g/mol. The number of Topliss-reactive ketones (excluding diaryl/α,β-unsaturated/α-hetero) is 5. The number of rotatable bonds is 5. The number of carbonyl (C=O) groups excluding carboxylic acids is 6. The number of hydrogen-bond acceptors (Lipinski definition) is 8. The summed E-state index contributed by atoms with van der Waals surface area (Å²) in [7, 11) is 0. The van der Waals surface area contributed by atoms with Crippen LogP contribution in [-0.2, 0) is 14.3 Å². The first-order valence-corrected chi connectivity index (χ1v) is 9.91. The van der Waals surface area contributed by atoms with E-state index in [1.54, 1.807) is 13.8 Å². The van der Waals surface area contributed by atoms with Crippen LogP contribution in [0, 0.1) is 5.41 Å². The zero-order valence-electron chi connectivity index (χ0n) is 17.5. The minimum Gasteiger partial charge on any atom is -0.462 e. The number of benzene rings is 2. The molecule has 2 aliphatic carbocycles. The predicted octanol–water partition coefficient (Wildman–Crippen LogP) is 3.15. The Balaban J connectivity index is 1.70. The van der Waals surface area contributed by atoms with E-state index >= 15 is 0 Å². The van der Waals surface area contributed by atoms with E-state index in [0.29, 0.717) is 5.56 Å². The van der Waals surface area contributed by atoms with Gasteiger partial charge in [0.25, 0.3) is 5.41 Å². The second kappa shape index (κ2) is 7.33. The minimum absolute atomic E-state index is 0.0759. The third kappa shape index (κ3) is 2.98. The molecule has 2 aromatic rings. The molecule has 4 rings (SSSR count). The Hall–Kier alpha value is -3.94. The van der Waals surface area contributed by atoms with Gasteiger partial charge < -0.3 is 9.47 Å². The molecule has 0 radical (unpaired) electrons. The highest BCUT2D eigenvalue weighted by Gasteiger charge is 2.63. The molecule has 2 aliphatic rings. The summed E-state index contributed by atoms with van der Waals surface area (Å²) in [5.74, 6) is -4.17. The third-order valence-corrected chi connectivity index (χ3v) is 5.49. The van der Waals surface area contributed by atoms with Crippen LogP contribution in [0.4, 0.5) is 0 Å². The van der Waals surface area contributed by atoms with Gasteiger partial charge in [0.2, 0.25) is 0 Å². The Labute approximate surface area is 182 Å². The molecule has 1 unspecified atom stereocenters. The maximum absolute atomic E-state index is 13.2. The SMILES string of the molecule is CC(=O)C1(C(=O)OC(C)C)C(=O)c2ccc(Oc3ccc4c(c3)C(=O)CC4=O)cc2C1=O. The largest absolute Gasteiger partial charge is 0.462 e. The van der Waals surface area contributed by atoms with Crippen LogP contribution in [0.1, 0.15) is 68.6 Å². The predicted molar refractivity (Wildman–Crippen MR) is 109 cm³/mol. The Morgan fingerprint density at radius 1 is 0.812 bits per heavy atom. The average Bonchev–Trinajstić information content (AvgIpc) is 3.12. The molecule has 162 valence electrons. The van der Waals surface area contributed by atoms with Crippen LogP contribution in [0.5, 0.6) is 11.5 Å². The number of ether oxygens (including phenoxy) is 2. The summed E-state index contributed by atoms with van der Waals surface area (Å²) in [6.07, 6.45) is -0.815. The summed E-state index contributed by atoms with van der Waals surface area (Å²) in [6, 6.07) is 8.41. The topological polar surface area (TPSA) is 121 Å². The number of carbonyl (C=O) groups is 6. The fraction of sp³-hybridized carbons (Fsp3) is 0.250. The van der Waals surface area contributed by atoms with E-state index in [1.807, 2.05) is 0 Å². The average molecular weight is 434 g/mol. The number of hydrogen-bond donors (Lipinski definition) is 0. The van der Waals surface area contributed by atoms with E-state index in [1.165, 1.54) is 36.4 Å². The Morgan fingerprint density at radius 2 is 1.34 bits per heavy atom. The van der Waals surface area contributed by atoms with Crippen molar-refractivity contribution in [3.63, 3.8) is 0 Å². The third-order valence-electron chi connectivity index (χ3n) is 5.49. The van der Waals surface area contributed by atoms with Crippen molar-refractivity contribution in [2.75, 3.05) is 0 Å². The van der Waals surface area contributed by atoms with Gasteiger partial charge in [0.05, 0.1) is 12.5 Å². The molecule has 8 nitrogen and oxygen atoms in total. The molecule has 0 aromatic heterocycles. The smallest absolute Gasteiger partial charge is 0.336 e. The maximum atomic E-state index is 13.2. The van der Waals surface area contributed by atoms with E-state index in [9.17, 15) is 28.8 Å². The summed E-state index contributed by atoms with van der Waals surface area (Å²) in [6.45, 7) is 4.09. The molecule has 0 fully saturated rings.